The fourth-order valence-electron chi connectivity index (χ4n) is 2.27. The van der Waals surface area contributed by atoms with E-state index in [0.29, 0.717) is 16.6 Å². The van der Waals surface area contributed by atoms with Crippen LogP contribution >= 0.6 is 11.3 Å². The van der Waals surface area contributed by atoms with Crippen molar-refractivity contribution in [3.8, 4) is 5.75 Å². The van der Waals surface area contributed by atoms with Crippen LogP contribution in [0.25, 0.3) is 0 Å². The molecule has 0 saturated carbocycles. The topological polar surface area (TPSA) is 77.2 Å². The monoisotopic (exact) mass is 303 g/mol. The molecule has 0 spiro atoms. The predicted octanol–water partition coefficient (Wildman–Crippen LogP) is 2.62. The second kappa shape index (κ2) is 6.13. The molecule has 1 aliphatic rings. The number of nitrogen functional groups attached to an aromatic ring is 1. The minimum atomic E-state index is -0.196. The van der Waals surface area contributed by atoms with E-state index in [0.717, 1.165) is 18.5 Å². The molecular weight excluding hydrogens is 286 g/mol. The number of benzene rings is 1. The largest absolute Gasteiger partial charge is 0.484 e. The number of nitrogens with zero attached hydrogens (tertiary/aromatic N) is 1. The maximum Gasteiger partial charge on any atom is 0.264 e. The molecule has 1 aromatic heterocycles. The summed E-state index contributed by atoms with van der Waals surface area (Å²) >= 11 is 1.57. The Morgan fingerprint density at radius 3 is 2.81 bits per heavy atom. The van der Waals surface area contributed by atoms with E-state index >= 15 is 0 Å². The molecule has 110 valence electrons. The smallest absolute Gasteiger partial charge is 0.264 e. The molecule has 3 N–H and O–H groups in total. The summed E-state index contributed by atoms with van der Waals surface area (Å²) in [6.45, 7) is -0.0336. The number of amides is 1. The van der Waals surface area contributed by atoms with Crippen LogP contribution < -0.4 is 15.8 Å². The quantitative estimate of drug-likeness (QED) is 0.851. The van der Waals surface area contributed by atoms with Crippen molar-refractivity contribution in [3.63, 3.8) is 0 Å². The van der Waals surface area contributed by atoms with E-state index in [2.05, 4.69) is 10.3 Å². The summed E-state index contributed by atoms with van der Waals surface area (Å²) < 4.78 is 5.41. The number of thiazole rings is 1. The van der Waals surface area contributed by atoms with Gasteiger partial charge < -0.3 is 10.5 Å². The maximum absolute atomic E-state index is 11.9. The third-order valence-corrected chi connectivity index (χ3v) is 4.41. The minimum absolute atomic E-state index is 0.0336. The minimum Gasteiger partial charge on any atom is -0.484 e. The van der Waals surface area contributed by atoms with Gasteiger partial charge >= 0.3 is 0 Å². The Kier molecular flexibility index (Phi) is 4.06. The number of hydrogen-bond acceptors (Lipinski definition) is 5. The van der Waals surface area contributed by atoms with Gasteiger partial charge in [0, 0.05) is 10.6 Å². The van der Waals surface area contributed by atoms with Crippen LogP contribution in [0.15, 0.2) is 24.3 Å². The first kappa shape index (κ1) is 13.9. The van der Waals surface area contributed by atoms with E-state index < -0.39 is 0 Å². The number of ether oxygens (including phenoxy) is 1. The van der Waals surface area contributed by atoms with Crippen molar-refractivity contribution in [1.82, 2.24) is 4.98 Å². The average molecular weight is 303 g/mol. The van der Waals surface area contributed by atoms with E-state index in [9.17, 15) is 4.79 Å². The molecule has 1 aromatic carbocycles. The number of carbonyl (C=O) groups excluding carboxylic acids is 1. The third kappa shape index (κ3) is 3.52. The zero-order valence-corrected chi connectivity index (χ0v) is 12.4. The highest BCUT2D eigenvalue weighted by Crippen LogP contribution is 2.29. The fraction of sp³-hybridized carbons (Fsp3) is 0.333. The van der Waals surface area contributed by atoms with E-state index in [1.165, 1.54) is 17.7 Å². The lowest BCUT2D eigenvalue weighted by Crippen LogP contribution is -2.20. The Hall–Kier alpha value is -2.08. The Morgan fingerprint density at radius 2 is 2.05 bits per heavy atom. The molecule has 0 aliphatic heterocycles. The van der Waals surface area contributed by atoms with Crippen LogP contribution in [0.3, 0.4) is 0 Å². The van der Waals surface area contributed by atoms with Crippen LogP contribution in [0, 0.1) is 0 Å². The zero-order valence-electron chi connectivity index (χ0n) is 11.6. The molecule has 1 aliphatic carbocycles. The standard InChI is InChI=1S/C15H17N3O2S/c16-10-5-7-11(8-6-10)20-9-14(19)18-15-17-12-3-1-2-4-13(12)21-15/h5-8H,1-4,9,16H2,(H,17,18,19). The number of aromatic nitrogens is 1. The number of hydrogen-bond donors (Lipinski definition) is 2. The second-order valence-electron chi connectivity index (χ2n) is 5.00. The summed E-state index contributed by atoms with van der Waals surface area (Å²) in [5, 5.41) is 3.47. The molecule has 1 heterocycles. The number of rotatable bonds is 4. The van der Waals surface area contributed by atoms with Crippen LogP contribution in [0.5, 0.6) is 5.75 Å². The Labute approximate surface area is 127 Å². The van der Waals surface area contributed by atoms with Gasteiger partial charge in [-0.1, -0.05) is 0 Å². The highest BCUT2D eigenvalue weighted by atomic mass is 32.1. The Balaban J connectivity index is 1.54. The van der Waals surface area contributed by atoms with Gasteiger partial charge in [0.15, 0.2) is 11.7 Å². The first-order chi connectivity index (χ1) is 10.2. The van der Waals surface area contributed by atoms with Crippen LogP contribution in [0.2, 0.25) is 0 Å². The SMILES string of the molecule is Nc1ccc(OCC(=O)Nc2nc3c(s2)CCCC3)cc1. The van der Waals surface area contributed by atoms with Crippen molar-refractivity contribution in [3.05, 3.63) is 34.8 Å². The van der Waals surface area contributed by atoms with Gasteiger partial charge in [-0.3, -0.25) is 10.1 Å². The number of carbonyl (C=O) groups is 1. The molecule has 0 atom stereocenters. The average Bonchev–Trinajstić information content (AvgIpc) is 2.88. The van der Waals surface area contributed by atoms with Gasteiger partial charge in [0.2, 0.25) is 0 Å². The molecular formula is C15H17N3O2S. The lowest BCUT2D eigenvalue weighted by Gasteiger charge is -2.06. The van der Waals surface area contributed by atoms with Gasteiger partial charge in [0.25, 0.3) is 5.91 Å². The molecule has 2 aromatic rings. The van der Waals surface area contributed by atoms with Crippen LogP contribution in [-0.4, -0.2) is 17.5 Å². The Bertz CT molecular complexity index is 613. The molecule has 3 rings (SSSR count). The highest BCUT2D eigenvalue weighted by molar-refractivity contribution is 7.15. The van der Waals surface area contributed by atoms with Gasteiger partial charge in [-0.05, 0) is 49.9 Å². The van der Waals surface area contributed by atoms with Crippen molar-refractivity contribution in [2.45, 2.75) is 25.7 Å². The van der Waals surface area contributed by atoms with Gasteiger partial charge in [-0.2, -0.15) is 0 Å². The van der Waals surface area contributed by atoms with Crippen LogP contribution in [0.1, 0.15) is 23.4 Å². The van der Waals surface area contributed by atoms with Crippen molar-refractivity contribution in [1.29, 1.82) is 0 Å². The Morgan fingerprint density at radius 1 is 1.29 bits per heavy atom. The van der Waals surface area contributed by atoms with Crippen molar-refractivity contribution in [2.75, 3.05) is 17.7 Å². The molecule has 1 amide bonds. The van der Waals surface area contributed by atoms with Crippen LogP contribution in [0.4, 0.5) is 10.8 Å². The first-order valence-electron chi connectivity index (χ1n) is 6.97. The van der Waals surface area contributed by atoms with E-state index in [1.54, 1.807) is 35.6 Å². The van der Waals surface area contributed by atoms with Crippen molar-refractivity contribution in [2.24, 2.45) is 0 Å². The molecule has 0 saturated heterocycles. The van der Waals surface area contributed by atoms with Crippen LogP contribution in [-0.2, 0) is 17.6 Å². The normalized spacial score (nSPS) is 13.5. The molecule has 0 radical (unpaired) electrons. The summed E-state index contributed by atoms with van der Waals surface area (Å²) in [6.07, 6.45) is 4.49. The molecule has 0 unspecified atom stereocenters. The molecule has 5 nitrogen and oxygen atoms in total. The third-order valence-electron chi connectivity index (χ3n) is 3.34. The summed E-state index contributed by atoms with van der Waals surface area (Å²) in [6, 6.07) is 6.96. The number of anilines is 2. The van der Waals surface area contributed by atoms with Crippen molar-refractivity contribution < 1.29 is 9.53 Å². The van der Waals surface area contributed by atoms with Gasteiger partial charge in [-0.25, -0.2) is 4.98 Å². The van der Waals surface area contributed by atoms with Gasteiger partial charge in [0.05, 0.1) is 5.69 Å². The molecule has 6 heteroatoms. The van der Waals surface area contributed by atoms with E-state index in [1.807, 2.05) is 0 Å². The zero-order chi connectivity index (χ0) is 14.7. The summed E-state index contributed by atoms with van der Waals surface area (Å²) in [5.74, 6) is 0.427. The summed E-state index contributed by atoms with van der Waals surface area (Å²) in [5.41, 5.74) is 7.40. The first-order valence-corrected chi connectivity index (χ1v) is 7.79. The van der Waals surface area contributed by atoms with Gasteiger partial charge in [-0.15, -0.1) is 11.3 Å². The van der Waals surface area contributed by atoms with Gasteiger partial charge in [0.1, 0.15) is 5.75 Å². The maximum atomic E-state index is 11.9. The number of aryl methyl sites for hydroxylation is 2. The summed E-state index contributed by atoms with van der Waals surface area (Å²) in [7, 11) is 0. The predicted molar refractivity (Wildman–Crippen MR) is 83.7 cm³/mol. The second-order valence-corrected chi connectivity index (χ2v) is 6.09. The van der Waals surface area contributed by atoms with E-state index in [-0.39, 0.29) is 12.5 Å². The summed E-state index contributed by atoms with van der Waals surface area (Å²) in [4.78, 5) is 17.6. The highest BCUT2D eigenvalue weighted by Gasteiger charge is 2.16. The molecule has 0 fully saturated rings. The molecule has 21 heavy (non-hydrogen) atoms. The number of nitrogens with two attached hydrogens (primary N) is 1. The number of fused-ring (bicyclic) bond motifs is 1. The fourth-order valence-corrected chi connectivity index (χ4v) is 3.34. The molecule has 0 bridgehead atoms. The van der Waals surface area contributed by atoms with Crippen molar-refractivity contribution >= 4 is 28.1 Å². The number of nitrogens with one attached hydrogen (secondary N) is 1. The lowest BCUT2D eigenvalue weighted by molar-refractivity contribution is -0.118. The lowest BCUT2D eigenvalue weighted by atomic mass is 10.0. The van der Waals surface area contributed by atoms with E-state index in [4.69, 9.17) is 10.5 Å².